The summed E-state index contributed by atoms with van der Waals surface area (Å²) in [5.41, 5.74) is 1.88. The minimum Gasteiger partial charge on any atom is -0.477 e. The first-order valence-electron chi connectivity index (χ1n) is 7.56. The topological polar surface area (TPSA) is 75.7 Å². The predicted molar refractivity (Wildman–Crippen MR) is 99.6 cm³/mol. The molecule has 3 rings (SSSR count). The van der Waals surface area contributed by atoms with Gasteiger partial charge in [-0.1, -0.05) is 33.6 Å². The number of aryl methyl sites for hydroxylation is 1. The summed E-state index contributed by atoms with van der Waals surface area (Å²) >= 11 is 3.31. The summed E-state index contributed by atoms with van der Waals surface area (Å²) in [6, 6.07) is 10.1. The Kier molecular flexibility index (Phi) is 4.51. The highest BCUT2D eigenvalue weighted by atomic mass is 79.9. The van der Waals surface area contributed by atoms with Crippen LogP contribution >= 0.6 is 15.9 Å². The van der Waals surface area contributed by atoms with Crippen LogP contribution in [0.5, 0.6) is 5.75 Å². The summed E-state index contributed by atoms with van der Waals surface area (Å²) in [5.74, 6) is -0.0714. The van der Waals surface area contributed by atoms with Crippen molar-refractivity contribution in [3.8, 4) is 5.75 Å². The number of halogens is 1. The van der Waals surface area contributed by atoms with Crippen molar-refractivity contribution in [3.63, 3.8) is 0 Å². The Labute approximate surface area is 155 Å². The van der Waals surface area contributed by atoms with Crippen LogP contribution in [0.3, 0.4) is 0 Å². The first-order chi connectivity index (χ1) is 11.7. The minimum atomic E-state index is -3.90. The van der Waals surface area contributed by atoms with Crippen LogP contribution in [0.15, 0.2) is 45.8 Å². The van der Waals surface area contributed by atoms with Gasteiger partial charge in [-0.25, -0.2) is 8.42 Å². The molecule has 0 fully saturated rings. The van der Waals surface area contributed by atoms with Gasteiger partial charge in [0.2, 0.25) is 0 Å². The molecule has 25 heavy (non-hydrogen) atoms. The zero-order valence-electron chi connectivity index (χ0n) is 13.9. The summed E-state index contributed by atoms with van der Waals surface area (Å²) in [4.78, 5) is 13.5. The van der Waals surface area contributed by atoms with E-state index in [4.69, 9.17) is 4.74 Å². The van der Waals surface area contributed by atoms with Crippen LogP contribution in [0, 0.1) is 6.92 Å². The second-order valence-electron chi connectivity index (χ2n) is 5.88. The van der Waals surface area contributed by atoms with E-state index >= 15 is 0 Å². The molecule has 2 aromatic rings. The highest BCUT2D eigenvalue weighted by Crippen LogP contribution is 2.41. The number of carbonyl (C=O) groups excluding carboxylic acids is 1. The molecular formula is C17H17BrN2O4S. The number of hydrogen-bond donors (Lipinski definition) is 1. The Balaban J connectivity index is 2.09. The third kappa shape index (κ3) is 3.36. The van der Waals surface area contributed by atoms with Crippen molar-refractivity contribution in [3.05, 3.63) is 46.4 Å². The summed E-state index contributed by atoms with van der Waals surface area (Å²) in [6.07, 6.45) is -0.757. The molecular weight excluding hydrogens is 408 g/mol. The van der Waals surface area contributed by atoms with Gasteiger partial charge in [-0.2, -0.15) is 0 Å². The van der Waals surface area contributed by atoms with Crippen LogP contribution in [0.4, 0.5) is 11.4 Å². The van der Waals surface area contributed by atoms with Crippen LogP contribution < -0.4 is 14.4 Å². The lowest BCUT2D eigenvalue weighted by molar-refractivity contribution is -0.125. The van der Waals surface area contributed by atoms with Crippen LogP contribution in [-0.2, 0) is 14.8 Å². The highest BCUT2D eigenvalue weighted by molar-refractivity contribution is 9.10. The van der Waals surface area contributed by atoms with Crippen LogP contribution in [0.2, 0.25) is 0 Å². The first kappa shape index (κ1) is 17.8. The van der Waals surface area contributed by atoms with Crippen LogP contribution in [0.1, 0.15) is 12.5 Å². The zero-order valence-corrected chi connectivity index (χ0v) is 16.3. The molecule has 1 unspecified atom stereocenters. The normalized spacial score (nSPS) is 17.0. The lowest BCUT2D eigenvalue weighted by Crippen LogP contribution is -2.42. The van der Waals surface area contributed by atoms with Gasteiger partial charge in [0, 0.05) is 17.2 Å². The van der Waals surface area contributed by atoms with E-state index in [-0.39, 0.29) is 16.6 Å². The Morgan fingerprint density at radius 3 is 2.48 bits per heavy atom. The molecule has 1 aliphatic heterocycles. The lowest BCUT2D eigenvalue weighted by Gasteiger charge is -2.31. The largest absolute Gasteiger partial charge is 0.477 e. The number of likely N-dealkylation sites (N-methyl/N-ethyl adjacent to an activating group) is 1. The molecule has 0 aromatic heterocycles. The van der Waals surface area contributed by atoms with Gasteiger partial charge in [0.1, 0.15) is 4.90 Å². The fraction of sp³-hybridized carbons (Fsp3) is 0.235. The molecule has 2 aromatic carbocycles. The molecule has 0 bridgehead atoms. The number of sulfonamides is 1. The molecule has 1 atom stereocenters. The Morgan fingerprint density at radius 2 is 1.84 bits per heavy atom. The van der Waals surface area contributed by atoms with Crippen molar-refractivity contribution >= 4 is 43.2 Å². The summed E-state index contributed by atoms with van der Waals surface area (Å²) in [7, 11) is -2.30. The number of carbonyl (C=O) groups is 1. The number of nitrogens with one attached hydrogen (secondary N) is 1. The van der Waals surface area contributed by atoms with Crippen molar-refractivity contribution < 1.29 is 17.9 Å². The molecule has 1 aliphatic rings. The van der Waals surface area contributed by atoms with Gasteiger partial charge in [-0.3, -0.25) is 9.52 Å². The van der Waals surface area contributed by atoms with E-state index in [0.717, 1.165) is 5.56 Å². The average molecular weight is 425 g/mol. The number of ether oxygens (including phenoxy) is 1. The summed E-state index contributed by atoms with van der Waals surface area (Å²) < 4.78 is 34.5. The second kappa shape index (κ2) is 6.34. The van der Waals surface area contributed by atoms with Gasteiger partial charge in [0.25, 0.3) is 15.9 Å². The number of anilines is 2. The third-order valence-corrected chi connectivity index (χ3v) is 5.77. The van der Waals surface area contributed by atoms with Gasteiger partial charge in [-0.05, 0) is 38.1 Å². The van der Waals surface area contributed by atoms with Crippen LogP contribution in [0.25, 0.3) is 0 Å². The van der Waals surface area contributed by atoms with Crippen molar-refractivity contribution in [2.45, 2.75) is 24.8 Å². The molecule has 0 saturated carbocycles. The fourth-order valence-electron chi connectivity index (χ4n) is 2.57. The van der Waals surface area contributed by atoms with E-state index in [1.54, 1.807) is 32.2 Å². The fourth-order valence-corrected chi connectivity index (χ4v) is 4.40. The molecule has 132 valence electrons. The summed E-state index contributed by atoms with van der Waals surface area (Å²) in [6.45, 7) is 3.51. The summed E-state index contributed by atoms with van der Waals surface area (Å²) in [5, 5.41) is 0. The molecule has 1 amide bonds. The predicted octanol–water partition coefficient (Wildman–Crippen LogP) is 3.30. The van der Waals surface area contributed by atoms with Gasteiger partial charge in [0.05, 0.1) is 5.69 Å². The lowest BCUT2D eigenvalue weighted by atomic mass is 10.2. The molecule has 0 saturated heterocycles. The van der Waals surface area contributed by atoms with E-state index in [1.807, 2.05) is 19.1 Å². The standard InChI is InChI=1S/C17H17BrN2O4S/c1-10-4-6-13(7-5-10)19-25(22,23)15-9-12(18)8-14-16(15)24-11(2)17(21)20(14)3/h4-9,11,19H,1-3H3. The van der Waals surface area contributed by atoms with Crippen molar-refractivity contribution in [1.29, 1.82) is 0 Å². The van der Waals surface area contributed by atoms with E-state index < -0.39 is 16.1 Å². The smallest absolute Gasteiger partial charge is 0.267 e. The van der Waals surface area contributed by atoms with Crippen molar-refractivity contribution in [1.82, 2.24) is 0 Å². The average Bonchev–Trinajstić information content (AvgIpc) is 2.55. The Morgan fingerprint density at radius 1 is 1.20 bits per heavy atom. The molecule has 0 spiro atoms. The number of fused-ring (bicyclic) bond motifs is 1. The maximum absolute atomic E-state index is 12.9. The van der Waals surface area contributed by atoms with Crippen molar-refractivity contribution in [2.24, 2.45) is 0 Å². The quantitative estimate of drug-likeness (QED) is 0.819. The van der Waals surface area contributed by atoms with Gasteiger partial charge < -0.3 is 9.64 Å². The van der Waals surface area contributed by atoms with Gasteiger partial charge in [-0.15, -0.1) is 0 Å². The Bertz CT molecular complexity index is 942. The van der Waals surface area contributed by atoms with Gasteiger partial charge >= 0.3 is 0 Å². The van der Waals surface area contributed by atoms with Gasteiger partial charge in [0.15, 0.2) is 11.9 Å². The van der Waals surface area contributed by atoms with Crippen LogP contribution in [-0.4, -0.2) is 27.5 Å². The number of benzene rings is 2. The highest BCUT2D eigenvalue weighted by Gasteiger charge is 2.34. The third-order valence-electron chi connectivity index (χ3n) is 3.93. The molecule has 0 aliphatic carbocycles. The van der Waals surface area contributed by atoms with E-state index in [2.05, 4.69) is 20.7 Å². The Hall–Kier alpha value is -2.06. The second-order valence-corrected chi connectivity index (χ2v) is 8.45. The minimum absolute atomic E-state index is 0.0244. The SMILES string of the molecule is Cc1ccc(NS(=O)(=O)c2cc(Br)cc3c2OC(C)C(=O)N3C)cc1. The van der Waals surface area contributed by atoms with E-state index in [0.29, 0.717) is 15.8 Å². The molecule has 8 heteroatoms. The maximum atomic E-state index is 12.9. The molecule has 6 nitrogen and oxygen atoms in total. The molecule has 0 radical (unpaired) electrons. The number of amides is 1. The number of hydrogen-bond acceptors (Lipinski definition) is 4. The monoisotopic (exact) mass is 424 g/mol. The molecule has 1 heterocycles. The van der Waals surface area contributed by atoms with E-state index in [9.17, 15) is 13.2 Å². The maximum Gasteiger partial charge on any atom is 0.267 e. The number of nitrogens with zero attached hydrogens (tertiary/aromatic N) is 1. The molecule has 1 N–H and O–H groups in total. The van der Waals surface area contributed by atoms with Crippen molar-refractivity contribution in [2.75, 3.05) is 16.7 Å². The first-order valence-corrected chi connectivity index (χ1v) is 9.84. The zero-order chi connectivity index (χ0) is 18.4. The van der Waals surface area contributed by atoms with E-state index in [1.165, 1.54) is 11.0 Å². The number of rotatable bonds is 3.